The molecule has 1 aliphatic rings. The molecule has 1 fully saturated rings. The average molecular weight is 265 g/mol. The summed E-state index contributed by atoms with van der Waals surface area (Å²) in [6.07, 6.45) is 3.64. The molecule has 0 amide bonds. The van der Waals surface area contributed by atoms with Gasteiger partial charge in [0.1, 0.15) is 0 Å². The number of hydrogen-bond donors (Lipinski definition) is 0. The Bertz CT molecular complexity index is 227. The van der Waals surface area contributed by atoms with Gasteiger partial charge in [0.25, 0.3) is 0 Å². The van der Waals surface area contributed by atoms with E-state index in [1.165, 1.54) is 0 Å². The highest BCUT2D eigenvalue weighted by Gasteiger charge is 2.35. The van der Waals surface area contributed by atoms with Crippen LogP contribution in [0.4, 0.5) is 0 Å². The van der Waals surface area contributed by atoms with Gasteiger partial charge in [-0.25, -0.2) is 0 Å². The average Bonchev–Trinajstić information content (AvgIpc) is 2.75. The van der Waals surface area contributed by atoms with Crippen LogP contribution >= 0.6 is 11.6 Å². The molecule has 0 aromatic rings. The number of hydrogen-bond acceptors (Lipinski definition) is 4. The van der Waals surface area contributed by atoms with Crippen molar-refractivity contribution in [2.75, 3.05) is 25.7 Å². The van der Waals surface area contributed by atoms with Crippen LogP contribution in [0.3, 0.4) is 0 Å². The Hall–Kier alpha value is -0.320. The molecule has 0 spiro atoms. The lowest BCUT2D eigenvalue weighted by Crippen LogP contribution is -2.30. The van der Waals surface area contributed by atoms with Crippen molar-refractivity contribution < 1.29 is 19.0 Å². The number of halogens is 1. The molecule has 5 heteroatoms. The lowest BCUT2D eigenvalue weighted by Gasteiger charge is -2.26. The van der Waals surface area contributed by atoms with Crippen molar-refractivity contribution in [2.45, 2.75) is 44.8 Å². The maximum Gasteiger partial charge on any atom is 0.305 e. The van der Waals surface area contributed by atoms with Crippen LogP contribution in [0.2, 0.25) is 0 Å². The molecule has 1 rings (SSSR count). The Balaban J connectivity index is 2.17. The number of esters is 1. The van der Waals surface area contributed by atoms with Crippen LogP contribution in [0.1, 0.15) is 39.0 Å². The van der Waals surface area contributed by atoms with Gasteiger partial charge in [0.15, 0.2) is 5.79 Å². The molecule has 0 N–H and O–H groups in total. The molecule has 1 saturated heterocycles. The van der Waals surface area contributed by atoms with Gasteiger partial charge in [0, 0.05) is 25.1 Å². The molecule has 0 atom stereocenters. The van der Waals surface area contributed by atoms with Crippen LogP contribution in [0.5, 0.6) is 0 Å². The summed E-state index contributed by atoms with van der Waals surface area (Å²) in [5.41, 5.74) is 0. The van der Waals surface area contributed by atoms with Crippen molar-refractivity contribution in [3.8, 4) is 0 Å². The summed E-state index contributed by atoms with van der Waals surface area (Å²) >= 11 is 5.74. The minimum Gasteiger partial charge on any atom is -0.466 e. The van der Waals surface area contributed by atoms with Crippen LogP contribution in [0.15, 0.2) is 0 Å². The predicted octanol–water partition coefficient (Wildman–Crippen LogP) is 2.48. The SMILES string of the molecule is CCOC(=O)CCCCC1(CCCl)OCCO1. The molecular formula is C12H21ClO4. The zero-order valence-electron chi connectivity index (χ0n) is 10.4. The molecule has 0 bridgehead atoms. The number of rotatable bonds is 8. The quantitative estimate of drug-likeness (QED) is 0.384. The van der Waals surface area contributed by atoms with Crippen LogP contribution < -0.4 is 0 Å². The zero-order valence-corrected chi connectivity index (χ0v) is 11.1. The van der Waals surface area contributed by atoms with Crippen LogP contribution in [-0.2, 0) is 19.0 Å². The molecule has 1 aliphatic heterocycles. The minimum atomic E-state index is -0.504. The van der Waals surface area contributed by atoms with E-state index in [1.54, 1.807) is 0 Å². The third kappa shape index (κ3) is 5.23. The topological polar surface area (TPSA) is 44.8 Å². The summed E-state index contributed by atoms with van der Waals surface area (Å²) < 4.78 is 16.1. The molecule has 0 unspecified atom stereocenters. The highest BCUT2D eigenvalue weighted by atomic mass is 35.5. The third-order valence-electron chi connectivity index (χ3n) is 2.78. The fourth-order valence-corrected chi connectivity index (χ4v) is 2.24. The van der Waals surface area contributed by atoms with Gasteiger partial charge in [-0.2, -0.15) is 0 Å². The molecule has 0 aliphatic carbocycles. The monoisotopic (exact) mass is 264 g/mol. The summed E-state index contributed by atoms with van der Waals surface area (Å²) in [5, 5.41) is 0. The van der Waals surface area contributed by atoms with Gasteiger partial charge in [0.2, 0.25) is 0 Å². The maximum absolute atomic E-state index is 11.1. The number of alkyl halides is 1. The standard InChI is InChI=1S/C12H21ClO4/c1-2-15-11(14)5-3-4-6-12(7-8-13)16-9-10-17-12/h2-10H2,1H3. The molecule has 0 radical (unpaired) electrons. The van der Waals surface area contributed by atoms with E-state index in [9.17, 15) is 4.79 Å². The Morgan fingerprint density at radius 1 is 1.29 bits per heavy atom. The van der Waals surface area contributed by atoms with Crippen molar-refractivity contribution in [3.05, 3.63) is 0 Å². The second-order valence-electron chi connectivity index (χ2n) is 4.06. The molecule has 1 heterocycles. The smallest absolute Gasteiger partial charge is 0.305 e. The zero-order chi connectivity index (χ0) is 12.6. The first-order valence-corrected chi connectivity index (χ1v) is 6.75. The maximum atomic E-state index is 11.1. The van der Waals surface area contributed by atoms with Crippen LogP contribution in [0.25, 0.3) is 0 Å². The highest BCUT2D eigenvalue weighted by Crippen LogP contribution is 2.29. The Morgan fingerprint density at radius 2 is 2.00 bits per heavy atom. The molecule has 0 aromatic carbocycles. The molecule has 100 valence electrons. The predicted molar refractivity (Wildman–Crippen MR) is 65.1 cm³/mol. The summed E-state index contributed by atoms with van der Waals surface area (Å²) in [6, 6.07) is 0. The van der Waals surface area contributed by atoms with Gasteiger partial charge in [-0.3, -0.25) is 4.79 Å². The number of ether oxygens (including phenoxy) is 3. The Labute approximate surface area is 108 Å². The van der Waals surface area contributed by atoms with Gasteiger partial charge in [-0.1, -0.05) is 0 Å². The van der Waals surface area contributed by atoms with Crippen molar-refractivity contribution in [2.24, 2.45) is 0 Å². The molecule has 17 heavy (non-hydrogen) atoms. The largest absolute Gasteiger partial charge is 0.466 e. The fraction of sp³-hybridized carbons (Fsp3) is 0.917. The summed E-state index contributed by atoms with van der Waals surface area (Å²) in [4.78, 5) is 11.1. The van der Waals surface area contributed by atoms with E-state index in [2.05, 4.69) is 0 Å². The van der Waals surface area contributed by atoms with Gasteiger partial charge in [-0.05, 0) is 19.8 Å². The van der Waals surface area contributed by atoms with Crippen LogP contribution in [-0.4, -0.2) is 37.5 Å². The lowest BCUT2D eigenvalue weighted by atomic mass is 10.0. The third-order valence-corrected chi connectivity index (χ3v) is 2.97. The van der Waals surface area contributed by atoms with Gasteiger partial charge in [-0.15, -0.1) is 11.6 Å². The summed E-state index contributed by atoms with van der Waals surface area (Å²) in [7, 11) is 0. The van der Waals surface area contributed by atoms with E-state index in [-0.39, 0.29) is 5.97 Å². The van der Waals surface area contributed by atoms with E-state index >= 15 is 0 Å². The molecule has 0 saturated carbocycles. The molecule has 4 nitrogen and oxygen atoms in total. The number of carbonyl (C=O) groups excluding carboxylic acids is 1. The van der Waals surface area contributed by atoms with Crippen LogP contribution in [0, 0.1) is 0 Å². The minimum absolute atomic E-state index is 0.132. The van der Waals surface area contributed by atoms with E-state index in [4.69, 9.17) is 25.8 Å². The second kappa shape index (κ2) is 7.90. The van der Waals surface area contributed by atoms with E-state index < -0.39 is 5.79 Å². The summed E-state index contributed by atoms with van der Waals surface area (Å²) in [6.45, 7) is 3.53. The van der Waals surface area contributed by atoms with E-state index in [1.807, 2.05) is 6.92 Å². The number of unbranched alkanes of at least 4 members (excludes halogenated alkanes) is 1. The first kappa shape index (κ1) is 14.7. The highest BCUT2D eigenvalue weighted by molar-refractivity contribution is 6.17. The van der Waals surface area contributed by atoms with Gasteiger partial charge in [0.05, 0.1) is 19.8 Å². The van der Waals surface area contributed by atoms with Crippen molar-refractivity contribution >= 4 is 17.6 Å². The van der Waals surface area contributed by atoms with E-state index in [0.29, 0.717) is 38.5 Å². The Morgan fingerprint density at radius 3 is 2.59 bits per heavy atom. The van der Waals surface area contributed by atoms with Gasteiger partial charge >= 0.3 is 5.97 Å². The van der Waals surface area contributed by atoms with Gasteiger partial charge < -0.3 is 14.2 Å². The van der Waals surface area contributed by atoms with Crippen molar-refractivity contribution in [1.82, 2.24) is 0 Å². The molecular weight excluding hydrogens is 244 g/mol. The van der Waals surface area contributed by atoms with Crippen molar-refractivity contribution in [3.63, 3.8) is 0 Å². The Kier molecular flexibility index (Phi) is 6.85. The first-order valence-electron chi connectivity index (χ1n) is 6.22. The van der Waals surface area contributed by atoms with E-state index in [0.717, 1.165) is 19.3 Å². The molecule has 0 aromatic heterocycles. The number of carbonyl (C=O) groups is 1. The summed E-state index contributed by atoms with van der Waals surface area (Å²) in [5.74, 6) is -0.110. The normalized spacial score (nSPS) is 18.2. The fourth-order valence-electron chi connectivity index (χ4n) is 1.95. The lowest BCUT2D eigenvalue weighted by molar-refractivity contribution is -0.164. The van der Waals surface area contributed by atoms with Crippen molar-refractivity contribution in [1.29, 1.82) is 0 Å². The second-order valence-corrected chi connectivity index (χ2v) is 4.44. The first-order chi connectivity index (χ1) is 8.22.